The summed E-state index contributed by atoms with van der Waals surface area (Å²) in [6.07, 6.45) is 0. The van der Waals surface area contributed by atoms with Crippen LogP contribution < -0.4 is 0 Å². The number of aliphatic carboxylic acids is 1. The Balaban J connectivity index is 3.08. The van der Waals surface area contributed by atoms with Crippen molar-refractivity contribution in [1.29, 1.82) is 0 Å². The van der Waals surface area contributed by atoms with Gasteiger partial charge in [-0.2, -0.15) is 0 Å². The van der Waals surface area contributed by atoms with Crippen LogP contribution in [0.15, 0.2) is 0 Å². The SMILES string of the molecule is COC(C)(C)c1nnnn1C(C)C(C)C(=O)O. The lowest BCUT2D eigenvalue weighted by Crippen LogP contribution is -2.30. The summed E-state index contributed by atoms with van der Waals surface area (Å²) in [5.74, 6) is -0.945. The minimum atomic E-state index is -0.880. The van der Waals surface area contributed by atoms with Gasteiger partial charge in [0.15, 0.2) is 5.82 Å². The molecule has 0 aliphatic rings. The minimum absolute atomic E-state index is 0.341. The molecule has 2 atom stereocenters. The smallest absolute Gasteiger partial charge is 0.308 e. The number of nitrogens with zero attached hydrogens (tertiary/aromatic N) is 4. The normalized spacial score (nSPS) is 15.6. The van der Waals surface area contributed by atoms with Gasteiger partial charge < -0.3 is 9.84 Å². The van der Waals surface area contributed by atoms with E-state index in [1.807, 2.05) is 13.8 Å². The third kappa shape index (κ3) is 2.60. The highest BCUT2D eigenvalue weighted by molar-refractivity contribution is 5.70. The first-order chi connectivity index (χ1) is 7.81. The number of hydrogen-bond acceptors (Lipinski definition) is 5. The van der Waals surface area contributed by atoms with Crippen LogP contribution >= 0.6 is 0 Å². The molecule has 1 aromatic heterocycles. The second-order valence-corrected chi connectivity index (χ2v) is 4.53. The van der Waals surface area contributed by atoms with Crippen LogP contribution in [0.4, 0.5) is 0 Å². The summed E-state index contributed by atoms with van der Waals surface area (Å²) in [6.45, 7) is 7.04. The largest absolute Gasteiger partial charge is 0.481 e. The third-order valence-electron chi connectivity index (χ3n) is 3.04. The second kappa shape index (κ2) is 4.79. The van der Waals surface area contributed by atoms with Crippen molar-refractivity contribution in [2.75, 3.05) is 7.11 Å². The molecule has 0 saturated heterocycles. The molecule has 0 aromatic carbocycles. The van der Waals surface area contributed by atoms with Crippen LogP contribution in [-0.4, -0.2) is 38.4 Å². The standard InChI is InChI=1S/C10H18N4O3/c1-6(8(15)16)7(2)14-9(11-12-13-14)10(3,4)17-5/h6-7H,1-5H3,(H,15,16). The van der Waals surface area contributed by atoms with Crippen LogP contribution in [0.1, 0.15) is 39.6 Å². The van der Waals surface area contributed by atoms with E-state index in [1.165, 1.54) is 4.68 Å². The van der Waals surface area contributed by atoms with E-state index in [0.29, 0.717) is 5.82 Å². The Hall–Kier alpha value is -1.50. The van der Waals surface area contributed by atoms with Crippen molar-refractivity contribution in [3.05, 3.63) is 5.82 Å². The molecule has 1 heterocycles. The summed E-state index contributed by atoms with van der Waals surface area (Å²) >= 11 is 0. The summed E-state index contributed by atoms with van der Waals surface area (Å²) in [4.78, 5) is 11.0. The van der Waals surface area contributed by atoms with Crippen LogP contribution in [0.5, 0.6) is 0 Å². The molecule has 0 amide bonds. The Labute approximate surface area is 99.8 Å². The third-order valence-corrected chi connectivity index (χ3v) is 3.04. The molecule has 0 aliphatic carbocycles. The van der Waals surface area contributed by atoms with Crippen molar-refractivity contribution in [1.82, 2.24) is 20.2 Å². The fourth-order valence-electron chi connectivity index (χ4n) is 1.37. The highest BCUT2D eigenvalue weighted by atomic mass is 16.5. The molecule has 2 unspecified atom stereocenters. The fraction of sp³-hybridized carbons (Fsp3) is 0.800. The molecule has 1 N–H and O–H groups in total. The number of carboxylic acids is 1. The molecule has 7 heteroatoms. The summed E-state index contributed by atoms with van der Waals surface area (Å²) in [7, 11) is 1.56. The maximum atomic E-state index is 11.0. The van der Waals surface area contributed by atoms with Gasteiger partial charge >= 0.3 is 5.97 Å². The molecule has 0 fully saturated rings. The molecular formula is C10H18N4O3. The minimum Gasteiger partial charge on any atom is -0.481 e. The van der Waals surface area contributed by atoms with Gasteiger partial charge in [0.05, 0.1) is 12.0 Å². The van der Waals surface area contributed by atoms with Crippen molar-refractivity contribution < 1.29 is 14.6 Å². The van der Waals surface area contributed by atoms with Gasteiger partial charge in [-0.05, 0) is 38.1 Å². The summed E-state index contributed by atoms with van der Waals surface area (Å²) < 4.78 is 6.80. The zero-order valence-corrected chi connectivity index (χ0v) is 10.7. The van der Waals surface area contributed by atoms with Gasteiger partial charge in [0, 0.05) is 7.11 Å². The van der Waals surface area contributed by atoms with E-state index in [9.17, 15) is 4.79 Å². The molecule has 0 aliphatic heterocycles. The number of carbonyl (C=O) groups is 1. The van der Waals surface area contributed by atoms with Crippen LogP contribution in [-0.2, 0) is 15.1 Å². The lowest BCUT2D eigenvalue weighted by Gasteiger charge is -2.25. The Morgan fingerprint density at radius 1 is 1.47 bits per heavy atom. The number of aromatic nitrogens is 4. The summed E-state index contributed by atoms with van der Waals surface area (Å²) in [5.41, 5.74) is -0.657. The Morgan fingerprint density at radius 3 is 2.53 bits per heavy atom. The van der Waals surface area contributed by atoms with Crippen LogP contribution in [0.3, 0.4) is 0 Å². The van der Waals surface area contributed by atoms with Crippen molar-refractivity contribution in [2.24, 2.45) is 5.92 Å². The highest BCUT2D eigenvalue weighted by Crippen LogP contribution is 2.25. The second-order valence-electron chi connectivity index (χ2n) is 4.53. The molecule has 17 heavy (non-hydrogen) atoms. The molecule has 0 saturated carbocycles. The maximum Gasteiger partial charge on any atom is 0.308 e. The van der Waals surface area contributed by atoms with E-state index in [0.717, 1.165) is 0 Å². The molecular weight excluding hydrogens is 224 g/mol. The fourth-order valence-corrected chi connectivity index (χ4v) is 1.37. The van der Waals surface area contributed by atoms with Crippen molar-refractivity contribution in [3.8, 4) is 0 Å². The van der Waals surface area contributed by atoms with E-state index >= 15 is 0 Å². The highest BCUT2D eigenvalue weighted by Gasteiger charge is 2.32. The first kappa shape index (κ1) is 13.6. The number of rotatable bonds is 5. The van der Waals surface area contributed by atoms with Crippen molar-refractivity contribution >= 4 is 5.97 Å². The number of ether oxygens (including phenoxy) is 1. The summed E-state index contributed by atoms with van der Waals surface area (Å²) in [6, 6.07) is -0.341. The van der Waals surface area contributed by atoms with E-state index in [1.54, 1.807) is 21.0 Å². The lowest BCUT2D eigenvalue weighted by molar-refractivity contribution is -0.142. The molecule has 0 bridgehead atoms. The van der Waals surface area contributed by atoms with Gasteiger partial charge in [0.1, 0.15) is 5.60 Å². The van der Waals surface area contributed by atoms with E-state index < -0.39 is 17.5 Å². The quantitative estimate of drug-likeness (QED) is 0.822. The van der Waals surface area contributed by atoms with Gasteiger partial charge in [-0.15, -0.1) is 5.10 Å². The van der Waals surface area contributed by atoms with Crippen LogP contribution in [0.25, 0.3) is 0 Å². The number of tetrazole rings is 1. The molecule has 7 nitrogen and oxygen atoms in total. The first-order valence-electron chi connectivity index (χ1n) is 5.37. The van der Waals surface area contributed by atoms with Gasteiger partial charge in [0.2, 0.25) is 0 Å². The topological polar surface area (TPSA) is 90.1 Å². The average molecular weight is 242 g/mol. The number of carboxylic acid groups (broad SMARTS) is 1. The maximum absolute atomic E-state index is 11.0. The molecule has 1 aromatic rings. The Morgan fingerprint density at radius 2 is 2.06 bits per heavy atom. The number of methoxy groups -OCH3 is 1. The molecule has 96 valence electrons. The van der Waals surface area contributed by atoms with Gasteiger partial charge in [0.25, 0.3) is 0 Å². The average Bonchev–Trinajstić information content (AvgIpc) is 2.76. The summed E-state index contributed by atoms with van der Waals surface area (Å²) in [5, 5.41) is 20.3. The molecule has 0 radical (unpaired) electrons. The van der Waals surface area contributed by atoms with Gasteiger partial charge in [-0.25, -0.2) is 4.68 Å². The zero-order valence-electron chi connectivity index (χ0n) is 10.7. The van der Waals surface area contributed by atoms with E-state index in [4.69, 9.17) is 9.84 Å². The molecule has 0 spiro atoms. The van der Waals surface area contributed by atoms with Gasteiger partial charge in [-0.1, -0.05) is 0 Å². The predicted molar refractivity (Wildman–Crippen MR) is 59.4 cm³/mol. The van der Waals surface area contributed by atoms with Crippen molar-refractivity contribution in [3.63, 3.8) is 0 Å². The zero-order chi connectivity index (χ0) is 13.2. The van der Waals surface area contributed by atoms with Gasteiger partial charge in [-0.3, -0.25) is 4.79 Å². The predicted octanol–water partition coefficient (Wildman–Crippen LogP) is 0.836. The number of hydrogen-bond donors (Lipinski definition) is 1. The van der Waals surface area contributed by atoms with E-state index in [-0.39, 0.29) is 6.04 Å². The van der Waals surface area contributed by atoms with Crippen LogP contribution in [0, 0.1) is 5.92 Å². The van der Waals surface area contributed by atoms with E-state index in [2.05, 4.69) is 15.5 Å². The van der Waals surface area contributed by atoms with Crippen molar-refractivity contribution in [2.45, 2.75) is 39.3 Å². The Kier molecular flexibility index (Phi) is 3.82. The lowest BCUT2D eigenvalue weighted by atomic mass is 10.0. The van der Waals surface area contributed by atoms with Crippen LogP contribution in [0.2, 0.25) is 0 Å². The monoisotopic (exact) mass is 242 g/mol. The first-order valence-corrected chi connectivity index (χ1v) is 5.37. The Bertz CT molecular complexity index is 402. The molecule has 1 rings (SSSR count).